The highest BCUT2D eigenvalue weighted by Gasteiger charge is 2.35. The Hall–Kier alpha value is -1.20. The van der Waals surface area contributed by atoms with Gasteiger partial charge in [-0.15, -0.1) is 13.2 Å². The van der Waals surface area contributed by atoms with Crippen molar-refractivity contribution in [2.75, 3.05) is 7.11 Å². The molecule has 0 N–H and O–H groups in total. The van der Waals surface area contributed by atoms with Crippen LogP contribution in [0.4, 0.5) is 22.0 Å². The summed E-state index contributed by atoms with van der Waals surface area (Å²) in [4.78, 5) is 14.5. The molecule has 4 nitrogen and oxygen atoms in total. The van der Waals surface area contributed by atoms with Crippen molar-refractivity contribution in [1.82, 2.24) is 4.98 Å². The third-order valence-electron chi connectivity index (χ3n) is 2.07. The Labute approximate surface area is 123 Å². The van der Waals surface area contributed by atoms with Crippen molar-refractivity contribution in [1.29, 1.82) is 0 Å². The van der Waals surface area contributed by atoms with Gasteiger partial charge in [-0.05, 0) is 22.6 Å². The van der Waals surface area contributed by atoms with Crippen LogP contribution in [-0.2, 0) is 16.0 Å². The van der Waals surface area contributed by atoms with Gasteiger partial charge >= 0.3 is 12.3 Å². The molecule has 0 aliphatic rings. The first kappa shape index (κ1) is 16.9. The summed E-state index contributed by atoms with van der Waals surface area (Å²) in [5.74, 6) is -1.79. The summed E-state index contributed by atoms with van der Waals surface area (Å²) < 4.78 is 69.7. The molecule has 1 aromatic rings. The van der Waals surface area contributed by atoms with E-state index >= 15 is 0 Å². The average molecular weight is 411 g/mol. The molecule has 1 aromatic heterocycles. The lowest BCUT2D eigenvalue weighted by Gasteiger charge is -2.15. The second kappa shape index (κ2) is 6.50. The maximum absolute atomic E-state index is 12.6. The van der Waals surface area contributed by atoms with Crippen LogP contribution in [0.3, 0.4) is 0 Å². The molecule has 0 saturated heterocycles. The number of methoxy groups -OCH3 is 1. The molecule has 10 heteroatoms. The zero-order valence-corrected chi connectivity index (χ0v) is 12.0. The van der Waals surface area contributed by atoms with Gasteiger partial charge in [0.25, 0.3) is 6.43 Å². The van der Waals surface area contributed by atoms with Crippen LogP contribution in [0.1, 0.15) is 17.7 Å². The lowest BCUT2D eigenvalue weighted by atomic mass is 10.2. The molecule has 0 spiro atoms. The van der Waals surface area contributed by atoms with Crippen LogP contribution in [0.15, 0.2) is 6.20 Å². The van der Waals surface area contributed by atoms with E-state index in [-0.39, 0.29) is 0 Å². The molecule has 0 radical (unpaired) electrons. The van der Waals surface area contributed by atoms with E-state index in [9.17, 15) is 26.7 Å². The summed E-state index contributed by atoms with van der Waals surface area (Å²) in [6.45, 7) is 0. The highest BCUT2D eigenvalue weighted by molar-refractivity contribution is 14.1. The van der Waals surface area contributed by atoms with Crippen LogP contribution in [-0.4, -0.2) is 24.4 Å². The van der Waals surface area contributed by atoms with Gasteiger partial charge < -0.3 is 9.47 Å². The summed E-state index contributed by atoms with van der Waals surface area (Å²) in [6.07, 6.45) is -8.03. The molecule has 0 atom stereocenters. The average Bonchev–Trinajstić information content (AvgIpc) is 2.31. The first-order chi connectivity index (χ1) is 9.15. The quantitative estimate of drug-likeness (QED) is 0.434. The van der Waals surface area contributed by atoms with Gasteiger partial charge in [0.15, 0.2) is 5.75 Å². The lowest BCUT2D eigenvalue weighted by Crippen LogP contribution is -2.21. The zero-order valence-electron chi connectivity index (χ0n) is 9.80. The van der Waals surface area contributed by atoms with Crippen molar-refractivity contribution >= 4 is 28.6 Å². The van der Waals surface area contributed by atoms with Crippen LogP contribution in [0.25, 0.3) is 0 Å². The molecule has 0 amide bonds. The second-order valence-electron chi connectivity index (χ2n) is 3.40. The minimum absolute atomic E-state index is 0.428. The number of pyridine rings is 1. The Morgan fingerprint density at radius 3 is 2.50 bits per heavy atom. The first-order valence-electron chi connectivity index (χ1n) is 4.93. The third-order valence-corrected chi connectivity index (χ3v) is 3.18. The van der Waals surface area contributed by atoms with Crippen molar-refractivity contribution in [3.63, 3.8) is 0 Å². The molecular formula is C10H7F5INO3. The number of alkyl halides is 5. The van der Waals surface area contributed by atoms with Gasteiger partial charge in [0.1, 0.15) is 0 Å². The summed E-state index contributed by atoms with van der Waals surface area (Å²) in [7, 11) is 1.03. The molecule has 0 aromatic carbocycles. The van der Waals surface area contributed by atoms with Crippen LogP contribution >= 0.6 is 22.6 Å². The summed E-state index contributed by atoms with van der Waals surface area (Å²) in [6, 6.07) is 0. The molecule has 0 aliphatic heterocycles. The lowest BCUT2D eigenvalue weighted by molar-refractivity contribution is -0.275. The number of hydrogen-bond donors (Lipinski definition) is 0. The molecule has 0 aliphatic carbocycles. The predicted octanol–water partition coefficient (Wildman–Crippen LogP) is 3.24. The van der Waals surface area contributed by atoms with Crippen molar-refractivity contribution in [2.45, 2.75) is 19.2 Å². The van der Waals surface area contributed by atoms with E-state index in [0.717, 1.165) is 7.11 Å². The fourth-order valence-electron chi connectivity index (χ4n) is 1.23. The predicted molar refractivity (Wildman–Crippen MR) is 64.3 cm³/mol. The third kappa shape index (κ3) is 4.42. The number of aromatic nitrogens is 1. The Kier molecular flexibility index (Phi) is 5.48. The van der Waals surface area contributed by atoms with E-state index in [2.05, 4.69) is 14.5 Å². The van der Waals surface area contributed by atoms with Crippen LogP contribution in [0.2, 0.25) is 0 Å². The molecule has 0 saturated carbocycles. The largest absolute Gasteiger partial charge is 0.573 e. The first-order valence-corrected chi connectivity index (χ1v) is 6.01. The van der Waals surface area contributed by atoms with Gasteiger partial charge in [-0.25, -0.2) is 8.78 Å². The van der Waals surface area contributed by atoms with Gasteiger partial charge in [0, 0.05) is 6.20 Å². The molecular weight excluding hydrogens is 404 g/mol. The maximum atomic E-state index is 12.6. The molecule has 0 fully saturated rings. The topological polar surface area (TPSA) is 48.4 Å². The Bertz CT molecular complexity index is 506. The molecule has 0 unspecified atom stereocenters. The number of carbonyl (C=O) groups excluding carboxylic acids is 1. The number of halogens is 6. The Balaban J connectivity index is 3.29. The number of nitrogens with zero attached hydrogens (tertiary/aromatic N) is 1. The van der Waals surface area contributed by atoms with Gasteiger partial charge in [0.2, 0.25) is 0 Å². The van der Waals surface area contributed by atoms with E-state index in [1.807, 2.05) is 0 Å². The fraction of sp³-hybridized carbons (Fsp3) is 0.400. The Morgan fingerprint density at radius 2 is 2.05 bits per heavy atom. The van der Waals surface area contributed by atoms with E-state index < -0.39 is 45.8 Å². The van der Waals surface area contributed by atoms with Crippen molar-refractivity contribution in [3.05, 3.63) is 21.0 Å². The standard InChI is InChI=1S/C10H7F5INO3/c1-19-6(18)2-5-8(20-10(13,14)15)7(16)4(3-17-5)9(11)12/h3,9H,2H2,1H3. The Morgan fingerprint density at radius 1 is 1.45 bits per heavy atom. The number of hydrogen-bond acceptors (Lipinski definition) is 4. The van der Waals surface area contributed by atoms with Crippen molar-refractivity contribution in [2.24, 2.45) is 0 Å². The van der Waals surface area contributed by atoms with E-state index in [1.54, 1.807) is 0 Å². The maximum Gasteiger partial charge on any atom is 0.573 e. The van der Waals surface area contributed by atoms with Gasteiger partial charge in [-0.3, -0.25) is 9.78 Å². The summed E-state index contributed by atoms with van der Waals surface area (Å²) in [5.41, 5.74) is -1.14. The molecule has 20 heavy (non-hydrogen) atoms. The number of carbonyl (C=O) groups is 1. The van der Waals surface area contributed by atoms with Crippen LogP contribution < -0.4 is 4.74 Å². The van der Waals surface area contributed by atoms with Crippen molar-refractivity contribution < 1.29 is 36.2 Å². The van der Waals surface area contributed by atoms with E-state index in [1.165, 1.54) is 22.6 Å². The normalized spacial score (nSPS) is 11.6. The molecule has 112 valence electrons. The molecule has 0 bridgehead atoms. The van der Waals surface area contributed by atoms with Gasteiger partial charge in [0.05, 0.1) is 28.4 Å². The van der Waals surface area contributed by atoms with E-state index in [4.69, 9.17) is 0 Å². The summed E-state index contributed by atoms with van der Waals surface area (Å²) in [5, 5.41) is 0. The SMILES string of the molecule is COC(=O)Cc1ncc(C(F)F)c(I)c1OC(F)(F)F. The molecule has 1 heterocycles. The highest BCUT2D eigenvalue weighted by atomic mass is 127. The highest BCUT2D eigenvalue weighted by Crippen LogP contribution is 2.36. The van der Waals surface area contributed by atoms with Gasteiger partial charge in [-0.1, -0.05) is 0 Å². The number of esters is 1. The van der Waals surface area contributed by atoms with Gasteiger partial charge in [-0.2, -0.15) is 0 Å². The summed E-state index contributed by atoms with van der Waals surface area (Å²) >= 11 is 1.28. The van der Waals surface area contributed by atoms with Crippen molar-refractivity contribution in [3.8, 4) is 5.75 Å². The second-order valence-corrected chi connectivity index (χ2v) is 4.48. The van der Waals surface area contributed by atoms with Crippen LogP contribution in [0, 0.1) is 3.57 Å². The number of ether oxygens (including phenoxy) is 2. The van der Waals surface area contributed by atoms with E-state index in [0.29, 0.717) is 6.20 Å². The smallest absolute Gasteiger partial charge is 0.469 e. The molecule has 1 rings (SSSR count). The fourth-order valence-corrected chi connectivity index (χ4v) is 2.02. The minimum atomic E-state index is -5.09. The van der Waals surface area contributed by atoms with Crippen LogP contribution in [0.5, 0.6) is 5.75 Å². The zero-order chi connectivity index (χ0) is 15.5. The number of rotatable bonds is 4. The minimum Gasteiger partial charge on any atom is -0.469 e. The monoisotopic (exact) mass is 411 g/mol.